The lowest BCUT2D eigenvalue weighted by molar-refractivity contribution is -0.117. The maximum atomic E-state index is 12.4. The lowest BCUT2D eigenvalue weighted by Gasteiger charge is -2.15. The molecule has 1 aliphatic carbocycles. The van der Waals surface area contributed by atoms with Crippen LogP contribution in [0.5, 0.6) is 17.2 Å². The number of aryl methyl sites for hydroxylation is 2. The van der Waals surface area contributed by atoms with Crippen LogP contribution in [0.4, 0.5) is 0 Å². The number of ether oxygens (including phenoxy) is 3. The van der Waals surface area contributed by atoms with Crippen LogP contribution in [0.15, 0.2) is 36.4 Å². The molecule has 1 N–H and O–H groups in total. The minimum absolute atomic E-state index is 0.0599. The summed E-state index contributed by atoms with van der Waals surface area (Å²) in [5.74, 6) is 1.44. The lowest BCUT2D eigenvalue weighted by atomic mass is 10.0. The topological polar surface area (TPSA) is 56.8 Å². The van der Waals surface area contributed by atoms with Gasteiger partial charge >= 0.3 is 0 Å². The van der Waals surface area contributed by atoms with Gasteiger partial charge in [-0.1, -0.05) is 18.2 Å². The minimum atomic E-state index is -0.162. The number of methoxy groups -OCH3 is 3. The molecule has 3 rings (SSSR count). The molecule has 0 saturated heterocycles. The van der Waals surface area contributed by atoms with Crippen molar-refractivity contribution in [1.82, 2.24) is 5.32 Å². The van der Waals surface area contributed by atoms with Crippen LogP contribution in [0.2, 0.25) is 0 Å². The summed E-state index contributed by atoms with van der Waals surface area (Å²) in [7, 11) is 4.68. The summed E-state index contributed by atoms with van der Waals surface area (Å²) in [5.41, 5.74) is 4.71. The molecule has 2 aromatic rings. The summed E-state index contributed by atoms with van der Waals surface area (Å²) in [5, 5.41) is 3.02. The van der Waals surface area contributed by atoms with Gasteiger partial charge in [0.15, 0.2) is 11.5 Å². The molecule has 0 bridgehead atoms. The molecule has 148 valence electrons. The van der Waals surface area contributed by atoms with Crippen molar-refractivity contribution in [3.05, 3.63) is 58.7 Å². The average Bonchev–Trinajstić information content (AvgIpc) is 3.19. The first kappa shape index (κ1) is 19.8. The number of carbonyl (C=O) groups excluding carboxylic acids is 1. The third-order valence-electron chi connectivity index (χ3n) is 5.13. The van der Waals surface area contributed by atoms with Gasteiger partial charge in [-0.25, -0.2) is 0 Å². The fourth-order valence-electron chi connectivity index (χ4n) is 3.63. The first-order valence-electron chi connectivity index (χ1n) is 9.46. The number of hydrogen-bond donors (Lipinski definition) is 1. The van der Waals surface area contributed by atoms with E-state index in [9.17, 15) is 4.79 Å². The SMILES string of the molecule is COc1ccc(/C=C/C(=O)N[C@H](C)c2ccc3c(c2)CCC3)c(OC)c1OC. The summed E-state index contributed by atoms with van der Waals surface area (Å²) in [6, 6.07) is 10.1. The maximum Gasteiger partial charge on any atom is 0.244 e. The Morgan fingerprint density at radius 3 is 2.46 bits per heavy atom. The van der Waals surface area contributed by atoms with Crippen molar-refractivity contribution < 1.29 is 19.0 Å². The van der Waals surface area contributed by atoms with E-state index in [1.54, 1.807) is 33.5 Å². The molecular weight excluding hydrogens is 354 g/mol. The zero-order valence-electron chi connectivity index (χ0n) is 16.9. The number of benzene rings is 2. The molecule has 28 heavy (non-hydrogen) atoms. The average molecular weight is 381 g/mol. The number of carbonyl (C=O) groups is 1. The number of rotatable bonds is 7. The van der Waals surface area contributed by atoms with Crippen molar-refractivity contribution >= 4 is 12.0 Å². The fourth-order valence-corrected chi connectivity index (χ4v) is 3.63. The molecule has 0 heterocycles. The fraction of sp³-hybridized carbons (Fsp3) is 0.348. The smallest absolute Gasteiger partial charge is 0.244 e. The Balaban J connectivity index is 1.71. The van der Waals surface area contributed by atoms with E-state index in [1.165, 1.54) is 23.6 Å². The van der Waals surface area contributed by atoms with Crippen LogP contribution in [-0.4, -0.2) is 27.2 Å². The van der Waals surface area contributed by atoms with E-state index in [4.69, 9.17) is 14.2 Å². The van der Waals surface area contributed by atoms with Gasteiger partial charge in [-0.3, -0.25) is 4.79 Å². The minimum Gasteiger partial charge on any atom is -0.493 e. The van der Waals surface area contributed by atoms with Crippen molar-refractivity contribution in [3.63, 3.8) is 0 Å². The number of hydrogen-bond acceptors (Lipinski definition) is 4. The first-order valence-corrected chi connectivity index (χ1v) is 9.46. The molecule has 5 nitrogen and oxygen atoms in total. The third-order valence-corrected chi connectivity index (χ3v) is 5.13. The van der Waals surface area contributed by atoms with E-state index in [0.29, 0.717) is 17.2 Å². The van der Waals surface area contributed by atoms with E-state index in [-0.39, 0.29) is 11.9 Å². The lowest BCUT2D eigenvalue weighted by Crippen LogP contribution is -2.24. The van der Waals surface area contributed by atoms with Crippen molar-refractivity contribution in [2.75, 3.05) is 21.3 Å². The van der Waals surface area contributed by atoms with Gasteiger partial charge < -0.3 is 19.5 Å². The predicted octanol–water partition coefficient (Wildman–Crippen LogP) is 4.09. The Morgan fingerprint density at radius 1 is 1.00 bits per heavy atom. The monoisotopic (exact) mass is 381 g/mol. The van der Waals surface area contributed by atoms with Gasteiger partial charge in [0, 0.05) is 11.6 Å². The van der Waals surface area contributed by atoms with Crippen LogP contribution in [0, 0.1) is 0 Å². The Kier molecular flexibility index (Phi) is 6.24. The summed E-state index contributed by atoms with van der Waals surface area (Å²) in [4.78, 5) is 12.4. The number of fused-ring (bicyclic) bond motifs is 1. The van der Waals surface area contributed by atoms with Crippen LogP contribution >= 0.6 is 0 Å². The van der Waals surface area contributed by atoms with Crippen LogP contribution in [0.1, 0.15) is 41.6 Å². The molecule has 0 radical (unpaired) electrons. The molecule has 1 amide bonds. The second-order valence-corrected chi connectivity index (χ2v) is 6.87. The Labute approximate surface area is 166 Å². The zero-order chi connectivity index (χ0) is 20.1. The second kappa shape index (κ2) is 8.83. The number of nitrogens with one attached hydrogen (secondary N) is 1. The molecule has 1 aliphatic rings. The Bertz CT molecular complexity index is 888. The number of amides is 1. The summed E-state index contributed by atoms with van der Waals surface area (Å²) >= 11 is 0. The second-order valence-electron chi connectivity index (χ2n) is 6.87. The van der Waals surface area contributed by atoms with Crippen molar-refractivity contribution in [2.24, 2.45) is 0 Å². The molecule has 0 spiro atoms. The highest BCUT2D eigenvalue weighted by Gasteiger charge is 2.16. The highest BCUT2D eigenvalue weighted by Crippen LogP contribution is 2.40. The standard InChI is InChI=1S/C23H27NO4/c1-15(18-9-8-16-6-5-7-19(16)14-18)24-21(25)13-11-17-10-12-20(26-2)23(28-4)22(17)27-3/h8-15H,5-7H2,1-4H3,(H,24,25)/b13-11+/t15-/m1/s1. The van der Waals surface area contributed by atoms with Gasteiger partial charge in [-0.05, 0) is 61.1 Å². The third kappa shape index (κ3) is 4.14. The molecule has 1 atom stereocenters. The van der Waals surface area contributed by atoms with E-state index in [1.807, 2.05) is 13.0 Å². The molecule has 5 heteroatoms. The van der Waals surface area contributed by atoms with Crippen molar-refractivity contribution in [1.29, 1.82) is 0 Å². The predicted molar refractivity (Wildman–Crippen MR) is 110 cm³/mol. The molecule has 0 fully saturated rings. The van der Waals surface area contributed by atoms with Crippen LogP contribution in [0.3, 0.4) is 0 Å². The highest BCUT2D eigenvalue weighted by atomic mass is 16.5. The Hall–Kier alpha value is -2.95. The van der Waals surface area contributed by atoms with Crippen molar-refractivity contribution in [3.8, 4) is 17.2 Å². The molecule has 0 saturated carbocycles. The summed E-state index contributed by atoms with van der Waals surface area (Å²) in [6.45, 7) is 2.00. The summed E-state index contributed by atoms with van der Waals surface area (Å²) in [6.07, 6.45) is 6.73. The Morgan fingerprint density at radius 2 is 1.75 bits per heavy atom. The van der Waals surface area contributed by atoms with E-state index >= 15 is 0 Å². The summed E-state index contributed by atoms with van der Waals surface area (Å²) < 4.78 is 16.1. The highest BCUT2D eigenvalue weighted by molar-refractivity contribution is 5.92. The molecular formula is C23H27NO4. The van der Waals surface area contributed by atoms with E-state index in [2.05, 4.69) is 23.5 Å². The first-order chi connectivity index (χ1) is 13.6. The molecule has 0 aromatic heterocycles. The van der Waals surface area contributed by atoms with Gasteiger partial charge in [0.1, 0.15) is 0 Å². The van der Waals surface area contributed by atoms with Crippen molar-refractivity contribution in [2.45, 2.75) is 32.2 Å². The quantitative estimate of drug-likeness (QED) is 0.734. The van der Waals surface area contributed by atoms with Crippen LogP contribution < -0.4 is 19.5 Å². The van der Waals surface area contributed by atoms with Gasteiger partial charge in [0.05, 0.1) is 27.4 Å². The van der Waals surface area contributed by atoms with Crippen LogP contribution in [-0.2, 0) is 17.6 Å². The van der Waals surface area contributed by atoms with Gasteiger partial charge in [0.25, 0.3) is 0 Å². The van der Waals surface area contributed by atoms with E-state index < -0.39 is 0 Å². The molecule has 0 unspecified atom stereocenters. The van der Waals surface area contributed by atoms with E-state index in [0.717, 1.165) is 24.0 Å². The maximum absolute atomic E-state index is 12.4. The van der Waals surface area contributed by atoms with Gasteiger partial charge in [0.2, 0.25) is 11.7 Å². The zero-order valence-corrected chi connectivity index (χ0v) is 16.9. The normalized spacial score (nSPS) is 13.9. The van der Waals surface area contributed by atoms with Gasteiger partial charge in [-0.2, -0.15) is 0 Å². The molecule has 0 aliphatic heterocycles. The molecule has 2 aromatic carbocycles. The van der Waals surface area contributed by atoms with Gasteiger partial charge in [-0.15, -0.1) is 0 Å². The largest absolute Gasteiger partial charge is 0.493 e. The van der Waals surface area contributed by atoms with Crippen LogP contribution in [0.25, 0.3) is 6.08 Å².